The molecular weight excluding hydrogens is 378 g/mol. The second-order valence-electron chi connectivity index (χ2n) is 7.81. The van der Waals surface area contributed by atoms with Gasteiger partial charge in [0.25, 0.3) is 0 Å². The molecule has 0 unspecified atom stereocenters. The summed E-state index contributed by atoms with van der Waals surface area (Å²) >= 11 is 1.75. The van der Waals surface area contributed by atoms with Gasteiger partial charge < -0.3 is 15.1 Å². The molecule has 5 rings (SSSR count). The van der Waals surface area contributed by atoms with Crippen LogP contribution in [0.2, 0.25) is 0 Å². The van der Waals surface area contributed by atoms with Crippen molar-refractivity contribution in [1.29, 1.82) is 0 Å². The number of carbonyl (C=O) groups excluding carboxylic acids is 1. The van der Waals surface area contributed by atoms with E-state index in [1.807, 2.05) is 4.90 Å². The Hall–Kier alpha value is -2.63. The molecule has 2 N–H and O–H groups in total. The highest BCUT2D eigenvalue weighted by Crippen LogP contribution is 2.41. The van der Waals surface area contributed by atoms with E-state index < -0.39 is 0 Å². The topological polar surface area (TPSA) is 36.8 Å². The Morgan fingerprint density at radius 3 is 2.24 bits per heavy atom. The molecule has 1 aromatic heterocycles. The number of fused-ring (bicyclic) bond motifs is 3. The molecule has 5 heteroatoms. The number of nitrogens with one attached hydrogen (secondary N) is 2. The fraction of sp³-hybridized carbons (Fsp3) is 0.292. The van der Waals surface area contributed by atoms with E-state index in [1.165, 1.54) is 27.1 Å². The summed E-state index contributed by atoms with van der Waals surface area (Å²) in [5.74, 6) is 0. The lowest BCUT2D eigenvalue weighted by atomic mass is 10.0. The molecule has 3 aromatic rings. The summed E-state index contributed by atoms with van der Waals surface area (Å²) in [6, 6.07) is 22.2. The van der Waals surface area contributed by atoms with Gasteiger partial charge in [0.15, 0.2) is 0 Å². The van der Waals surface area contributed by atoms with Crippen molar-refractivity contribution >= 4 is 17.4 Å². The van der Waals surface area contributed by atoms with Crippen molar-refractivity contribution in [3.63, 3.8) is 0 Å². The Balaban J connectivity index is 1.22. The summed E-state index contributed by atoms with van der Waals surface area (Å²) in [4.78, 5) is 17.4. The second-order valence-corrected chi connectivity index (χ2v) is 8.85. The number of amides is 2. The molecule has 2 aromatic carbocycles. The van der Waals surface area contributed by atoms with Crippen molar-refractivity contribution in [3.8, 4) is 11.1 Å². The van der Waals surface area contributed by atoms with Crippen molar-refractivity contribution < 1.29 is 9.69 Å². The number of hydrogen-bond donors (Lipinski definition) is 2. The third-order valence-corrected chi connectivity index (χ3v) is 7.10. The summed E-state index contributed by atoms with van der Waals surface area (Å²) in [6.45, 7) is 4.27. The molecule has 29 heavy (non-hydrogen) atoms. The van der Waals surface area contributed by atoms with Gasteiger partial charge in [-0.2, -0.15) is 0 Å². The third-order valence-electron chi connectivity index (χ3n) is 6.16. The largest absolute Gasteiger partial charge is 0.338 e. The molecule has 148 valence electrons. The Morgan fingerprint density at radius 1 is 0.966 bits per heavy atom. The fourth-order valence-electron chi connectivity index (χ4n) is 4.74. The molecule has 4 nitrogen and oxygen atoms in total. The Labute approximate surface area is 175 Å². The van der Waals surface area contributed by atoms with E-state index in [-0.39, 0.29) is 6.03 Å². The van der Waals surface area contributed by atoms with E-state index in [9.17, 15) is 4.79 Å². The highest BCUT2D eigenvalue weighted by Gasteiger charge is 2.37. The van der Waals surface area contributed by atoms with E-state index in [4.69, 9.17) is 0 Å². The quantitative estimate of drug-likeness (QED) is 0.689. The van der Waals surface area contributed by atoms with Crippen molar-refractivity contribution in [3.05, 3.63) is 82.0 Å². The molecule has 2 aliphatic rings. The molecule has 0 atom stereocenters. The number of benzene rings is 2. The minimum atomic E-state index is 0.0767. The van der Waals surface area contributed by atoms with Crippen LogP contribution in [0.1, 0.15) is 22.0 Å². The van der Waals surface area contributed by atoms with E-state index in [1.54, 1.807) is 16.2 Å². The maximum atomic E-state index is 12.6. The average molecular weight is 405 g/mol. The van der Waals surface area contributed by atoms with Crippen LogP contribution in [-0.4, -0.2) is 43.7 Å². The zero-order valence-electron chi connectivity index (χ0n) is 16.4. The molecule has 1 fully saturated rings. The molecule has 0 saturated carbocycles. The van der Waals surface area contributed by atoms with Crippen molar-refractivity contribution in [2.45, 2.75) is 12.5 Å². The molecular formula is C24H26N3OS+. The van der Waals surface area contributed by atoms with Crippen LogP contribution in [0.3, 0.4) is 0 Å². The number of urea groups is 1. The first-order valence-corrected chi connectivity index (χ1v) is 11.3. The van der Waals surface area contributed by atoms with Crippen molar-refractivity contribution in [2.75, 3.05) is 32.7 Å². The van der Waals surface area contributed by atoms with Gasteiger partial charge in [0.05, 0.1) is 26.2 Å². The fourth-order valence-corrected chi connectivity index (χ4v) is 5.45. The summed E-state index contributed by atoms with van der Waals surface area (Å²) in [6.07, 6.45) is 0.907. The number of quaternary nitrogens is 1. The van der Waals surface area contributed by atoms with E-state index >= 15 is 0 Å². The first-order valence-electron chi connectivity index (χ1n) is 10.4. The van der Waals surface area contributed by atoms with Crippen LogP contribution in [0.5, 0.6) is 0 Å². The summed E-state index contributed by atoms with van der Waals surface area (Å²) < 4.78 is 0. The number of rotatable bonds is 4. The summed E-state index contributed by atoms with van der Waals surface area (Å²) in [7, 11) is 0. The van der Waals surface area contributed by atoms with Crippen LogP contribution in [0.25, 0.3) is 11.1 Å². The minimum Gasteiger partial charge on any atom is -0.338 e. The Morgan fingerprint density at radius 2 is 1.62 bits per heavy atom. The number of carbonyl (C=O) groups is 1. The van der Waals surface area contributed by atoms with Crippen LogP contribution < -0.4 is 10.2 Å². The van der Waals surface area contributed by atoms with Crippen LogP contribution in [-0.2, 0) is 6.42 Å². The van der Waals surface area contributed by atoms with Crippen molar-refractivity contribution in [1.82, 2.24) is 10.2 Å². The number of piperazine rings is 1. The van der Waals surface area contributed by atoms with Crippen LogP contribution in [0, 0.1) is 0 Å². The highest BCUT2D eigenvalue weighted by molar-refractivity contribution is 7.09. The van der Waals surface area contributed by atoms with E-state index in [0.29, 0.717) is 12.6 Å². The van der Waals surface area contributed by atoms with Crippen LogP contribution >= 0.6 is 11.3 Å². The van der Waals surface area contributed by atoms with Crippen molar-refractivity contribution in [2.24, 2.45) is 0 Å². The predicted octanol–water partition coefficient (Wildman–Crippen LogP) is 2.97. The number of nitrogens with zero attached hydrogens (tertiary/aromatic N) is 1. The minimum absolute atomic E-state index is 0.0767. The van der Waals surface area contributed by atoms with Gasteiger partial charge in [0.1, 0.15) is 6.04 Å². The lowest BCUT2D eigenvalue weighted by Gasteiger charge is -2.36. The molecule has 1 aliphatic carbocycles. The first kappa shape index (κ1) is 18.4. The predicted molar refractivity (Wildman–Crippen MR) is 117 cm³/mol. The molecule has 0 bridgehead atoms. The lowest BCUT2D eigenvalue weighted by molar-refractivity contribution is -0.928. The summed E-state index contributed by atoms with van der Waals surface area (Å²) in [5.41, 5.74) is 5.60. The summed E-state index contributed by atoms with van der Waals surface area (Å²) in [5, 5.41) is 5.17. The highest BCUT2D eigenvalue weighted by atomic mass is 32.1. The second kappa shape index (κ2) is 8.01. The molecule has 2 amide bonds. The first-order chi connectivity index (χ1) is 14.3. The maximum Gasteiger partial charge on any atom is 0.317 e. The average Bonchev–Trinajstić information content (AvgIpc) is 3.40. The van der Waals surface area contributed by atoms with Gasteiger partial charge >= 0.3 is 6.03 Å². The standard InChI is InChI=1S/C24H25N3OS/c28-24(25-12-11-18-6-5-17-29-18)27-15-13-26(14-16-27)23-21-9-3-1-7-19(21)20-8-2-4-10-22(20)23/h1-10,17,23H,11-16H2,(H,25,28)/p+1. The van der Waals surface area contributed by atoms with E-state index in [0.717, 1.165) is 32.6 Å². The van der Waals surface area contributed by atoms with Gasteiger partial charge in [0.2, 0.25) is 0 Å². The van der Waals surface area contributed by atoms with Gasteiger partial charge in [-0.15, -0.1) is 11.3 Å². The molecule has 0 spiro atoms. The van der Waals surface area contributed by atoms with Gasteiger partial charge in [-0.05, 0) is 29.0 Å². The molecule has 0 radical (unpaired) electrons. The van der Waals surface area contributed by atoms with Crippen LogP contribution in [0.4, 0.5) is 4.79 Å². The van der Waals surface area contributed by atoms with E-state index in [2.05, 4.69) is 71.4 Å². The zero-order valence-corrected chi connectivity index (χ0v) is 17.3. The Bertz CT molecular complexity index is 947. The van der Waals surface area contributed by atoms with Gasteiger partial charge in [-0.3, -0.25) is 0 Å². The van der Waals surface area contributed by atoms with Gasteiger partial charge in [-0.25, -0.2) is 4.79 Å². The number of hydrogen-bond acceptors (Lipinski definition) is 2. The normalized spacial score (nSPS) is 16.5. The molecule has 2 heterocycles. The molecule has 1 aliphatic heterocycles. The molecule has 1 saturated heterocycles. The number of thiophene rings is 1. The third kappa shape index (κ3) is 3.56. The van der Waals surface area contributed by atoms with Gasteiger partial charge in [0, 0.05) is 22.5 Å². The zero-order chi connectivity index (χ0) is 19.6. The van der Waals surface area contributed by atoms with Gasteiger partial charge in [-0.1, -0.05) is 54.6 Å². The lowest BCUT2D eigenvalue weighted by Crippen LogP contribution is -3.15. The smallest absolute Gasteiger partial charge is 0.317 e. The maximum absolute atomic E-state index is 12.6. The monoisotopic (exact) mass is 404 g/mol. The SMILES string of the molecule is O=C(NCCc1cccs1)N1CC[NH+](C2c3ccccc3-c3ccccc32)CC1. The Kier molecular flexibility index (Phi) is 5.08. The van der Waals surface area contributed by atoms with Crippen LogP contribution in [0.15, 0.2) is 66.0 Å².